The number of alkyl carbamates (subject to hydrolysis) is 1. The Morgan fingerprint density at radius 1 is 0.974 bits per heavy atom. The molecule has 0 bridgehead atoms. The third-order valence-corrected chi connectivity index (χ3v) is 6.65. The van der Waals surface area contributed by atoms with Gasteiger partial charge in [-0.05, 0) is 103 Å². The predicted octanol–water partition coefficient (Wildman–Crippen LogP) is 5.96. The lowest BCUT2D eigenvalue weighted by Gasteiger charge is -2.43. The van der Waals surface area contributed by atoms with E-state index in [0.717, 1.165) is 11.1 Å². The van der Waals surface area contributed by atoms with Gasteiger partial charge in [-0.2, -0.15) is 11.8 Å². The van der Waals surface area contributed by atoms with Gasteiger partial charge in [-0.15, -0.1) is 0 Å². The number of anilines is 1. The Balaban J connectivity index is 2.60. The number of para-hydroxylation sites is 1. The lowest BCUT2D eigenvalue weighted by atomic mass is 9.94. The number of hydrogen-bond donors (Lipinski definition) is 3. The number of aromatic hydroxyl groups is 1. The number of nitrogens with zero attached hydrogens (tertiary/aromatic N) is 1. The van der Waals surface area contributed by atoms with Crippen molar-refractivity contribution in [1.29, 1.82) is 0 Å². The second kappa shape index (κ2) is 13.2. The van der Waals surface area contributed by atoms with Crippen LogP contribution in [0.2, 0.25) is 0 Å². The molecule has 0 fully saturated rings. The van der Waals surface area contributed by atoms with Gasteiger partial charge < -0.3 is 25.4 Å². The van der Waals surface area contributed by atoms with Gasteiger partial charge >= 0.3 is 6.09 Å². The zero-order chi connectivity index (χ0) is 29.5. The predicted molar refractivity (Wildman–Crippen MR) is 158 cm³/mol. The molecule has 2 atom stereocenters. The Morgan fingerprint density at radius 2 is 1.54 bits per heavy atom. The normalized spacial score (nSPS) is 13.3. The fourth-order valence-electron chi connectivity index (χ4n) is 4.23. The average Bonchev–Trinajstić information content (AvgIpc) is 2.80. The number of ether oxygens (including phenoxy) is 1. The molecule has 3 N–H and O–H groups in total. The Morgan fingerprint density at radius 3 is 2.03 bits per heavy atom. The summed E-state index contributed by atoms with van der Waals surface area (Å²) in [6.45, 7) is 14.6. The summed E-state index contributed by atoms with van der Waals surface area (Å²) in [4.78, 5) is 42.6. The van der Waals surface area contributed by atoms with Crippen LogP contribution in [-0.4, -0.2) is 57.1 Å². The second-order valence-corrected chi connectivity index (χ2v) is 12.6. The Hall–Kier alpha value is -3.20. The highest BCUT2D eigenvalue weighted by molar-refractivity contribution is 7.98. The van der Waals surface area contributed by atoms with Crippen LogP contribution in [0.5, 0.6) is 5.75 Å². The van der Waals surface area contributed by atoms with Crippen LogP contribution in [0.25, 0.3) is 0 Å². The van der Waals surface area contributed by atoms with Crippen molar-refractivity contribution in [3.63, 3.8) is 0 Å². The molecule has 0 aromatic heterocycles. The number of phenolic OH excluding ortho intramolecular Hbond substituents is 1. The van der Waals surface area contributed by atoms with Gasteiger partial charge in [0.15, 0.2) is 0 Å². The van der Waals surface area contributed by atoms with Gasteiger partial charge in [0.25, 0.3) is 5.91 Å². The Labute approximate surface area is 236 Å². The monoisotopic (exact) mass is 557 g/mol. The maximum Gasteiger partial charge on any atom is 0.408 e. The van der Waals surface area contributed by atoms with Gasteiger partial charge in [0.2, 0.25) is 5.91 Å². The lowest BCUT2D eigenvalue weighted by Crippen LogP contribution is -2.58. The van der Waals surface area contributed by atoms with Gasteiger partial charge in [0.1, 0.15) is 23.4 Å². The van der Waals surface area contributed by atoms with Crippen molar-refractivity contribution in [1.82, 2.24) is 10.2 Å². The van der Waals surface area contributed by atoms with E-state index in [1.54, 1.807) is 44.7 Å². The van der Waals surface area contributed by atoms with Crippen LogP contribution >= 0.6 is 11.8 Å². The molecule has 214 valence electrons. The van der Waals surface area contributed by atoms with Crippen LogP contribution in [0.3, 0.4) is 0 Å². The summed E-state index contributed by atoms with van der Waals surface area (Å²) < 4.78 is 5.44. The first-order valence-electron chi connectivity index (χ1n) is 13.0. The summed E-state index contributed by atoms with van der Waals surface area (Å²) in [5.41, 5.74) is 1.45. The van der Waals surface area contributed by atoms with Gasteiger partial charge in [-0.25, -0.2) is 4.79 Å². The molecule has 39 heavy (non-hydrogen) atoms. The van der Waals surface area contributed by atoms with Gasteiger partial charge in [-0.3, -0.25) is 9.59 Å². The summed E-state index contributed by atoms with van der Waals surface area (Å²) in [6.07, 6.45) is 1.58. The van der Waals surface area contributed by atoms with Crippen molar-refractivity contribution >= 4 is 35.4 Å². The van der Waals surface area contributed by atoms with Crippen molar-refractivity contribution < 1.29 is 24.2 Å². The van der Waals surface area contributed by atoms with E-state index in [0.29, 0.717) is 23.4 Å². The largest absolute Gasteiger partial charge is 0.508 e. The van der Waals surface area contributed by atoms with Crippen LogP contribution in [0.15, 0.2) is 42.5 Å². The number of amides is 3. The molecule has 0 aliphatic rings. The Kier molecular flexibility index (Phi) is 10.9. The molecular formula is C30H43N3O5S. The van der Waals surface area contributed by atoms with Crippen molar-refractivity contribution in [3.8, 4) is 5.75 Å². The van der Waals surface area contributed by atoms with E-state index in [2.05, 4.69) is 10.6 Å². The van der Waals surface area contributed by atoms with Crippen LogP contribution in [0.4, 0.5) is 10.5 Å². The van der Waals surface area contributed by atoms with Gasteiger partial charge in [-0.1, -0.05) is 30.3 Å². The molecular weight excluding hydrogens is 514 g/mol. The molecule has 2 rings (SSSR count). The summed E-state index contributed by atoms with van der Waals surface area (Å²) in [6, 6.07) is 10.0. The molecule has 0 heterocycles. The first-order valence-corrected chi connectivity index (χ1v) is 14.4. The molecule has 3 amide bonds. The summed E-state index contributed by atoms with van der Waals surface area (Å²) in [7, 11) is 0. The number of thioether (sulfide) groups is 1. The van der Waals surface area contributed by atoms with Crippen LogP contribution in [-0.2, 0) is 14.3 Å². The number of phenols is 1. The number of nitrogens with one attached hydrogen (secondary N) is 2. The zero-order valence-corrected chi connectivity index (χ0v) is 25.4. The molecule has 0 radical (unpaired) electrons. The quantitative estimate of drug-likeness (QED) is 0.351. The highest BCUT2D eigenvalue weighted by atomic mass is 32.2. The van der Waals surface area contributed by atoms with Gasteiger partial charge in [0, 0.05) is 11.2 Å². The number of carbonyl (C=O) groups is 3. The first-order chi connectivity index (χ1) is 18.0. The van der Waals surface area contributed by atoms with Crippen molar-refractivity contribution in [2.45, 2.75) is 85.0 Å². The lowest BCUT2D eigenvalue weighted by molar-refractivity contribution is -0.146. The molecule has 0 spiro atoms. The zero-order valence-electron chi connectivity index (χ0n) is 24.5. The number of hydrogen-bond acceptors (Lipinski definition) is 6. The minimum atomic E-state index is -1.05. The third kappa shape index (κ3) is 9.20. The average molecular weight is 558 g/mol. The van der Waals surface area contributed by atoms with Crippen molar-refractivity contribution in [2.75, 3.05) is 17.3 Å². The topological polar surface area (TPSA) is 108 Å². The highest BCUT2D eigenvalue weighted by Crippen LogP contribution is 2.33. The van der Waals surface area contributed by atoms with Crippen LogP contribution in [0.1, 0.15) is 70.7 Å². The van der Waals surface area contributed by atoms with Crippen molar-refractivity contribution in [2.24, 2.45) is 0 Å². The smallest absolute Gasteiger partial charge is 0.408 e. The van der Waals surface area contributed by atoms with E-state index in [9.17, 15) is 19.5 Å². The number of rotatable bonds is 9. The number of benzene rings is 2. The molecule has 0 aliphatic carbocycles. The fourth-order valence-corrected chi connectivity index (χ4v) is 4.70. The molecule has 0 saturated heterocycles. The SMILES string of the molecule is CSCCC(NC(=O)OC(C)(C)C)C(=O)N(C(C(=O)Nc1c(C)cccc1C)c1ccc(O)cc1)C(C)(C)C. The number of aryl methyl sites for hydroxylation is 2. The highest BCUT2D eigenvalue weighted by Gasteiger charge is 2.42. The van der Waals surface area contributed by atoms with E-state index in [1.807, 2.05) is 59.1 Å². The molecule has 0 aliphatic heterocycles. The molecule has 2 aromatic rings. The van der Waals surface area contributed by atoms with E-state index in [4.69, 9.17) is 4.74 Å². The minimum absolute atomic E-state index is 0.0470. The minimum Gasteiger partial charge on any atom is -0.508 e. The van der Waals surface area contributed by atoms with E-state index in [1.165, 1.54) is 17.0 Å². The maximum absolute atomic E-state index is 14.3. The molecule has 9 heteroatoms. The molecule has 2 aromatic carbocycles. The standard InChI is InChI=1S/C30H43N3O5S/c1-19-11-10-12-20(2)24(19)32-26(35)25(21-13-15-22(34)16-14-21)33(29(3,4)5)27(36)23(17-18-39-9)31-28(37)38-30(6,7)8/h10-16,23,25,34H,17-18H2,1-9H3,(H,31,37)(H,32,35). The fraction of sp³-hybridized carbons (Fsp3) is 0.500. The van der Waals surface area contributed by atoms with Crippen LogP contribution in [0, 0.1) is 13.8 Å². The second-order valence-electron chi connectivity index (χ2n) is 11.6. The van der Waals surface area contributed by atoms with E-state index >= 15 is 0 Å². The maximum atomic E-state index is 14.3. The Bertz CT molecular complexity index is 1130. The first kappa shape index (κ1) is 32.0. The van der Waals surface area contributed by atoms with Crippen molar-refractivity contribution in [3.05, 3.63) is 59.2 Å². The number of carbonyl (C=O) groups excluding carboxylic acids is 3. The summed E-state index contributed by atoms with van der Waals surface area (Å²) in [5.74, 6) is -0.145. The summed E-state index contributed by atoms with van der Waals surface area (Å²) in [5, 5.41) is 15.7. The van der Waals surface area contributed by atoms with E-state index < -0.39 is 41.1 Å². The molecule has 8 nitrogen and oxygen atoms in total. The van der Waals surface area contributed by atoms with Crippen LogP contribution < -0.4 is 10.6 Å². The third-order valence-electron chi connectivity index (χ3n) is 6.00. The molecule has 0 saturated carbocycles. The van der Waals surface area contributed by atoms with E-state index in [-0.39, 0.29) is 5.75 Å². The molecule has 2 unspecified atom stereocenters. The van der Waals surface area contributed by atoms with Gasteiger partial charge in [0.05, 0.1) is 0 Å². The summed E-state index contributed by atoms with van der Waals surface area (Å²) >= 11 is 1.55.